The second-order valence-corrected chi connectivity index (χ2v) is 3.69. The standard InChI is InChI=1S/C13H13NO5/c1-8(12(16)17)7-11(15)14-10-5-3-9(4-6-10)13(18)19-2/h3-7H,1-2H3,(H,14,15)(H,16,17)/b8-7+. The number of aliphatic carboxylic acids is 1. The number of nitrogens with one attached hydrogen (secondary N) is 1. The van der Waals surface area contributed by atoms with Crippen LogP contribution in [0, 0.1) is 0 Å². The molecule has 19 heavy (non-hydrogen) atoms. The first-order valence-corrected chi connectivity index (χ1v) is 5.35. The molecule has 1 aromatic carbocycles. The van der Waals surface area contributed by atoms with Gasteiger partial charge in [-0.15, -0.1) is 0 Å². The van der Waals surface area contributed by atoms with Crippen LogP contribution in [0.25, 0.3) is 0 Å². The van der Waals surface area contributed by atoms with Gasteiger partial charge in [0.1, 0.15) is 0 Å². The molecule has 0 saturated carbocycles. The average Bonchev–Trinajstić information content (AvgIpc) is 2.38. The second kappa shape index (κ2) is 6.34. The molecule has 100 valence electrons. The molecule has 0 atom stereocenters. The first kappa shape index (κ1) is 14.4. The fraction of sp³-hybridized carbons (Fsp3) is 0.154. The fourth-order valence-corrected chi connectivity index (χ4v) is 1.24. The minimum atomic E-state index is -1.16. The van der Waals surface area contributed by atoms with Crippen LogP contribution >= 0.6 is 0 Å². The molecule has 6 nitrogen and oxygen atoms in total. The van der Waals surface area contributed by atoms with Crippen molar-refractivity contribution < 1.29 is 24.2 Å². The van der Waals surface area contributed by atoms with Crippen LogP contribution < -0.4 is 5.32 Å². The Labute approximate surface area is 109 Å². The summed E-state index contributed by atoms with van der Waals surface area (Å²) in [4.78, 5) is 33.2. The van der Waals surface area contributed by atoms with Crippen LogP contribution in [0.3, 0.4) is 0 Å². The highest BCUT2D eigenvalue weighted by Gasteiger charge is 2.07. The quantitative estimate of drug-likeness (QED) is 0.633. The third-order valence-electron chi connectivity index (χ3n) is 2.26. The lowest BCUT2D eigenvalue weighted by atomic mass is 10.2. The number of carboxylic acids is 1. The predicted octanol–water partition coefficient (Wildman–Crippen LogP) is 1.44. The predicted molar refractivity (Wildman–Crippen MR) is 67.8 cm³/mol. The van der Waals surface area contributed by atoms with Crippen molar-refractivity contribution in [3.8, 4) is 0 Å². The summed E-state index contributed by atoms with van der Waals surface area (Å²) in [5.74, 6) is -2.18. The summed E-state index contributed by atoms with van der Waals surface area (Å²) in [6.45, 7) is 1.32. The highest BCUT2D eigenvalue weighted by Crippen LogP contribution is 2.10. The molecule has 0 saturated heterocycles. The van der Waals surface area contributed by atoms with Crippen LogP contribution in [0.5, 0.6) is 0 Å². The van der Waals surface area contributed by atoms with Crippen molar-refractivity contribution in [2.45, 2.75) is 6.92 Å². The highest BCUT2D eigenvalue weighted by atomic mass is 16.5. The summed E-state index contributed by atoms with van der Waals surface area (Å²) < 4.78 is 4.54. The zero-order valence-corrected chi connectivity index (χ0v) is 10.5. The first-order valence-electron chi connectivity index (χ1n) is 5.35. The van der Waals surface area contributed by atoms with E-state index in [0.29, 0.717) is 11.3 Å². The van der Waals surface area contributed by atoms with Gasteiger partial charge in [0.25, 0.3) is 0 Å². The summed E-state index contributed by atoms with van der Waals surface area (Å²) in [5, 5.41) is 11.1. The smallest absolute Gasteiger partial charge is 0.337 e. The van der Waals surface area contributed by atoms with Crippen LogP contribution in [0.4, 0.5) is 5.69 Å². The number of rotatable bonds is 4. The van der Waals surface area contributed by atoms with Crippen LogP contribution in [0.15, 0.2) is 35.9 Å². The van der Waals surface area contributed by atoms with E-state index < -0.39 is 17.8 Å². The number of ether oxygens (including phenoxy) is 1. The zero-order valence-electron chi connectivity index (χ0n) is 10.5. The van der Waals surface area contributed by atoms with Gasteiger partial charge >= 0.3 is 11.9 Å². The number of amides is 1. The van der Waals surface area contributed by atoms with Gasteiger partial charge in [-0.3, -0.25) is 4.79 Å². The monoisotopic (exact) mass is 263 g/mol. The molecule has 6 heteroatoms. The minimum absolute atomic E-state index is 0.0660. The molecule has 0 aliphatic heterocycles. The van der Waals surface area contributed by atoms with Gasteiger partial charge < -0.3 is 15.2 Å². The Balaban J connectivity index is 2.73. The number of methoxy groups -OCH3 is 1. The van der Waals surface area contributed by atoms with Gasteiger partial charge in [-0.25, -0.2) is 9.59 Å². The molecule has 0 fully saturated rings. The molecule has 0 radical (unpaired) electrons. The van der Waals surface area contributed by atoms with E-state index in [1.165, 1.54) is 38.3 Å². The van der Waals surface area contributed by atoms with Crippen molar-refractivity contribution in [1.82, 2.24) is 0 Å². The van der Waals surface area contributed by atoms with E-state index in [9.17, 15) is 14.4 Å². The Bertz CT molecular complexity index is 530. The van der Waals surface area contributed by atoms with E-state index in [0.717, 1.165) is 6.08 Å². The summed E-state index contributed by atoms with van der Waals surface area (Å²) in [6, 6.07) is 6.03. The van der Waals surface area contributed by atoms with Gasteiger partial charge in [-0.05, 0) is 31.2 Å². The van der Waals surface area contributed by atoms with Gasteiger partial charge in [0.2, 0.25) is 5.91 Å². The molecular weight excluding hydrogens is 250 g/mol. The average molecular weight is 263 g/mol. The third-order valence-corrected chi connectivity index (χ3v) is 2.26. The lowest BCUT2D eigenvalue weighted by Gasteiger charge is -2.04. The molecule has 1 aromatic rings. The lowest BCUT2D eigenvalue weighted by molar-refractivity contribution is -0.132. The summed E-state index contributed by atoms with van der Waals surface area (Å²) >= 11 is 0. The Morgan fingerprint density at radius 1 is 1.21 bits per heavy atom. The molecule has 0 bridgehead atoms. The molecular formula is C13H13NO5. The number of carbonyl (C=O) groups is 3. The maximum Gasteiger partial charge on any atom is 0.337 e. The summed E-state index contributed by atoms with van der Waals surface area (Å²) in [6.07, 6.45) is 0.983. The number of carbonyl (C=O) groups excluding carboxylic acids is 2. The highest BCUT2D eigenvalue weighted by molar-refractivity contribution is 6.04. The normalized spacial score (nSPS) is 10.7. The lowest BCUT2D eigenvalue weighted by Crippen LogP contribution is -2.11. The molecule has 0 unspecified atom stereocenters. The molecule has 0 aliphatic rings. The maximum absolute atomic E-state index is 11.5. The number of carboxylic acid groups (broad SMARTS) is 1. The number of hydrogen-bond acceptors (Lipinski definition) is 4. The molecule has 1 amide bonds. The first-order chi connectivity index (χ1) is 8.93. The molecule has 0 aliphatic carbocycles. The Kier molecular flexibility index (Phi) is 4.82. The van der Waals surface area contributed by atoms with Crippen molar-refractivity contribution in [3.63, 3.8) is 0 Å². The van der Waals surface area contributed by atoms with Gasteiger partial charge in [0, 0.05) is 17.3 Å². The van der Waals surface area contributed by atoms with Crippen molar-refractivity contribution in [3.05, 3.63) is 41.5 Å². The van der Waals surface area contributed by atoms with Crippen molar-refractivity contribution >= 4 is 23.5 Å². The van der Waals surface area contributed by atoms with E-state index in [2.05, 4.69) is 10.1 Å². The van der Waals surface area contributed by atoms with Gasteiger partial charge in [-0.1, -0.05) is 0 Å². The van der Waals surface area contributed by atoms with E-state index in [1.807, 2.05) is 0 Å². The van der Waals surface area contributed by atoms with Crippen LogP contribution in [0.2, 0.25) is 0 Å². The van der Waals surface area contributed by atoms with Crippen molar-refractivity contribution in [1.29, 1.82) is 0 Å². The topological polar surface area (TPSA) is 92.7 Å². The number of benzene rings is 1. The summed E-state index contributed by atoms with van der Waals surface area (Å²) in [5.41, 5.74) is 0.744. The Morgan fingerprint density at radius 2 is 1.79 bits per heavy atom. The zero-order chi connectivity index (χ0) is 14.4. The van der Waals surface area contributed by atoms with Crippen molar-refractivity contribution in [2.75, 3.05) is 12.4 Å². The number of hydrogen-bond donors (Lipinski definition) is 2. The summed E-state index contributed by atoms with van der Waals surface area (Å²) in [7, 11) is 1.28. The van der Waals surface area contributed by atoms with E-state index in [-0.39, 0.29) is 5.57 Å². The number of anilines is 1. The van der Waals surface area contributed by atoms with E-state index in [1.54, 1.807) is 0 Å². The van der Waals surface area contributed by atoms with E-state index in [4.69, 9.17) is 5.11 Å². The molecule has 2 N–H and O–H groups in total. The van der Waals surface area contributed by atoms with Crippen LogP contribution in [-0.4, -0.2) is 30.1 Å². The van der Waals surface area contributed by atoms with Gasteiger partial charge in [-0.2, -0.15) is 0 Å². The molecule has 0 aromatic heterocycles. The Hall–Kier alpha value is -2.63. The van der Waals surface area contributed by atoms with Crippen LogP contribution in [0.1, 0.15) is 17.3 Å². The van der Waals surface area contributed by atoms with Gasteiger partial charge in [0.05, 0.1) is 12.7 Å². The van der Waals surface area contributed by atoms with Crippen molar-refractivity contribution in [2.24, 2.45) is 0 Å². The van der Waals surface area contributed by atoms with Crippen LogP contribution in [-0.2, 0) is 14.3 Å². The minimum Gasteiger partial charge on any atom is -0.478 e. The van der Waals surface area contributed by atoms with Gasteiger partial charge in [0.15, 0.2) is 0 Å². The molecule has 1 rings (SSSR count). The largest absolute Gasteiger partial charge is 0.478 e. The fourth-order valence-electron chi connectivity index (χ4n) is 1.24. The molecule has 0 heterocycles. The second-order valence-electron chi connectivity index (χ2n) is 3.69. The van der Waals surface area contributed by atoms with E-state index >= 15 is 0 Å². The molecule has 0 spiro atoms. The third kappa shape index (κ3) is 4.27. The SMILES string of the molecule is COC(=O)c1ccc(NC(=O)/C=C(\C)C(=O)O)cc1. The Morgan fingerprint density at radius 3 is 2.26 bits per heavy atom. The number of esters is 1. The maximum atomic E-state index is 11.5.